The van der Waals surface area contributed by atoms with Gasteiger partial charge in [0, 0.05) is 21.2 Å². The lowest BCUT2D eigenvalue weighted by molar-refractivity contribution is 0.462. The molecule has 1 aromatic rings. The maximum absolute atomic E-state index is 5.90. The Balaban J connectivity index is 2.03. The predicted octanol–water partition coefficient (Wildman–Crippen LogP) is 4.85. The lowest BCUT2D eigenvalue weighted by atomic mass is 9.95. The molecule has 15 heavy (non-hydrogen) atoms. The molecule has 0 radical (unpaired) electrons. The van der Waals surface area contributed by atoms with Crippen molar-refractivity contribution in [3.05, 3.63) is 27.7 Å². The van der Waals surface area contributed by atoms with Gasteiger partial charge in [-0.25, -0.2) is 0 Å². The molecule has 82 valence electrons. The molecule has 0 bridgehead atoms. The summed E-state index contributed by atoms with van der Waals surface area (Å²) in [5, 5.41) is 4.34. The average molecular weight is 289 g/mol. The van der Waals surface area contributed by atoms with Gasteiger partial charge in [-0.15, -0.1) is 0 Å². The molecule has 1 fully saturated rings. The standard InChI is InChI=1S/C12H15BrClN/c13-11-8-9(14)6-7-12(11)15-10-4-2-1-3-5-10/h6-8,10,15H,1-5H2. The van der Waals surface area contributed by atoms with Gasteiger partial charge in [-0.05, 0) is 47.0 Å². The highest BCUT2D eigenvalue weighted by atomic mass is 79.9. The molecule has 1 N–H and O–H groups in total. The molecule has 1 aliphatic carbocycles. The third kappa shape index (κ3) is 3.12. The van der Waals surface area contributed by atoms with Gasteiger partial charge in [0.1, 0.15) is 0 Å². The van der Waals surface area contributed by atoms with Gasteiger partial charge in [0.05, 0.1) is 0 Å². The van der Waals surface area contributed by atoms with Crippen LogP contribution in [0.25, 0.3) is 0 Å². The van der Waals surface area contributed by atoms with Crippen molar-refractivity contribution in [2.24, 2.45) is 0 Å². The van der Waals surface area contributed by atoms with Gasteiger partial charge in [-0.1, -0.05) is 30.9 Å². The number of hydrogen-bond donors (Lipinski definition) is 1. The molecule has 1 aromatic carbocycles. The molecular weight excluding hydrogens is 273 g/mol. The van der Waals surface area contributed by atoms with E-state index in [1.54, 1.807) is 0 Å². The van der Waals surface area contributed by atoms with Crippen LogP contribution in [0.15, 0.2) is 22.7 Å². The molecule has 0 aromatic heterocycles. The van der Waals surface area contributed by atoms with Crippen LogP contribution in [0.5, 0.6) is 0 Å². The van der Waals surface area contributed by atoms with E-state index in [9.17, 15) is 0 Å². The van der Waals surface area contributed by atoms with Crippen LogP contribution in [-0.2, 0) is 0 Å². The van der Waals surface area contributed by atoms with E-state index < -0.39 is 0 Å². The highest BCUT2D eigenvalue weighted by Crippen LogP contribution is 2.29. The molecule has 3 heteroatoms. The van der Waals surface area contributed by atoms with Crippen LogP contribution in [0.4, 0.5) is 5.69 Å². The Labute approximate surface area is 104 Å². The second-order valence-corrected chi connectivity index (χ2v) is 5.39. The van der Waals surface area contributed by atoms with E-state index in [4.69, 9.17) is 11.6 Å². The summed E-state index contributed by atoms with van der Waals surface area (Å²) in [6.07, 6.45) is 6.66. The molecule has 0 heterocycles. The molecule has 0 aliphatic heterocycles. The van der Waals surface area contributed by atoms with Gasteiger partial charge in [0.25, 0.3) is 0 Å². The van der Waals surface area contributed by atoms with Crippen LogP contribution < -0.4 is 5.32 Å². The molecular formula is C12H15BrClN. The second kappa shape index (κ2) is 5.22. The van der Waals surface area contributed by atoms with Crippen LogP contribution in [0, 0.1) is 0 Å². The van der Waals surface area contributed by atoms with E-state index in [0.717, 1.165) is 15.2 Å². The quantitative estimate of drug-likeness (QED) is 0.820. The minimum atomic E-state index is 0.635. The molecule has 0 amide bonds. The van der Waals surface area contributed by atoms with E-state index in [1.165, 1.54) is 32.1 Å². The summed E-state index contributed by atoms with van der Waals surface area (Å²) in [4.78, 5) is 0. The summed E-state index contributed by atoms with van der Waals surface area (Å²) in [5.41, 5.74) is 1.16. The van der Waals surface area contributed by atoms with Crippen molar-refractivity contribution in [3.63, 3.8) is 0 Å². The first-order valence-corrected chi connectivity index (χ1v) is 6.64. The monoisotopic (exact) mass is 287 g/mol. The molecule has 0 atom stereocenters. The van der Waals surface area contributed by atoms with Gasteiger partial charge in [0.2, 0.25) is 0 Å². The van der Waals surface area contributed by atoms with Gasteiger partial charge in [-0.3, -0.25) is 0 Å². The summed E-state index contributed by atoms with van der Waals surface area (Å²) >= 11 is 9.43. The fraction of sp³-hybridized carbons (Fsp3) is 0.500. The highest BCUT2D eigenvalue weighted by Gasteiger charge is 2.13. The van der Waals surface area contributed by atoms with Crippen LogP contribution in [-0.4, -0.2) is 6.04 Å². The number of benzene rings is 1. The Morgan fingerprint density at radius 2 is 1.93 bits per heavy atom. The summed E-state index contributed by atoms with van der Waals surface area (Å²) in [6, 6.07) is 6.54. The fourth-order valence-electron chi connectivity index (χ4n) is 2.07. The van der Waals surface area contributed by atoms with E-state index in [2.05, 4.69) is 21.2 Å². The summed E-state index contributed by atoms with van der Waals surface area (Å²) in [7, 11) is 0. The second-order valence-electron chi connectivity index (χ2n) is 4.10. The number of nitrogens with one attached hydrogen (secondary N) is 1. The maximum atomic E-state index is 5.90. The van der Waals surface area contributed by atoms with Crippen molar-refractivity contribution in [3.8, 4) is 0 Å². The van der Waals surface area contributed by atoms with E-state index >= 15 is 0 Å². The Kier molecular flexibility index (Phi) is 3.92. The third-order valence-electron chi connectivity index (χ3n) is 2.90. The van der Waals surface area contributed by atoms with Crippen molar-refractivity contribution >= 4 is 33.2 Å². The van der Waals surface area contributed by atoms with Crippen molar-refractivity contribution in [1.82, 2.24) is 0 Å². The summed E-state index contributed by atoms with van der Waals surface area (Å²) in [5.74, 6) is 0. The van der Waals surface area contributed by atoms with Crippen LogP contribution in [0.1, 0.15) is 32.1 Å². The smallest absolute Gasteiger partial charge is 0.0487 e. The van der Waals surface area contributed by atoms with Gasteiger partial charge < -0.3 is 5.32 Å². The molecule has 1 nitrogen and oxygen atoms in total. The molecule has 0 unspecified atom stereocenters. The van der Waals surface area contributed by atoms with E-state index in [-0.39, 0.29) is 0 Å². The van der Waals surface area contributed by atoms with Gasteiger partial charge in [-0.2, -0.15) is 0 Å². The molecule has 0 saturated heterocycles. The summed E-state index contributed by atoms with van der Waals surface area (Å²) in [6.45, 7) is 0. The SMILES string of the molecule is Clc1ccc(NC2CCCCC2)c(Br)c1. The zero-order valence-electron chi connectivity index (χ0n) is 8.60. The van der Waals surface area contributed by atoms with Crippen LogP contribution in [0.2, 0.25) is 5.02 Å². The van der Waals surface area contributed by atoms with Gasteiger partial charge in [0.15, 0.2) is 0 Å². The normalized spacial score (nSPS) is 17.7. The highest BCUT2D eigenvalue weighted by molar-refractivity contribution is 9.10. The minimum absolute atomic E-state index is 0.635. The fourth-order valence-corrected chi connectivity index (χ4v) is 2.87. The van der Waals surface area contributed by atoms with E-state index in [1.807, 2.05) is 18.2 Å². The zero-order valence-corrected chi connectivity index (χ0v) is 10.9. The average Bonchev–Trinajstić information content (AvgIpc) is 2.24. The number of halogens is 2. The number of anilines is 1. The lowest BCUT2D eigenvalue weighted by Crippen LogP contribution is -2.22. The predicted molar refractivity (Wildman–Crippen MR) is 69.6 cm³/mol. The first kappa shape index (κ1) is 11.3. The Morgan fingerprint density at radius 1 is 1.20 bits per heavy atom. The van der Waals surface area contributed by atoms with E-state index in [0.29, 0.717) is 6.04 Å². The molecule has 2 rings (SSSR count). The Bertz CT molecular complexity index is 334. The minimum Gasteiger partial charge on any atom is -0.381 e. The summed E-state index contributed by atoms with van der Waals surface area (Å²) < 4.78 is 1.06. The van der Waals surface area contributed by atoms with Crippen molar-refractivity contribution in [2.45, 2.75) is 38.1 Å². The Morgan fingerprint density at radius 3 is 2.60 bits per heavy atom. The number of hydrogen-bond acceptors (Lipinski definition) is 1. The molecule has 1 saturated carbocycles. The zero-order chi connectivity index (χ0) is 10.7. The van der Waals surface area contributed by atoms with Crippen molar-refractivity contribution in [2.75, 3.05) is 5.32 Å². The molecule has 0 spiro atoms. The lowest BCUT2D eigenvalue weighted by Gasteiger charge is -2.24. The van der Waals surface area contributed by atoms with Crippen molar-refractivity contribution in [1.29, 1.82) is 0 Å². The van der Waals surface area contributed by atoms with Gasteiger partial charge >= 0.3 is 0 Å². The third-order valence-corrected chi connectivity index (χ3v) is 3.79. The molecule has 1 aliphatic rings. The first-order valence-electron chi connectivity index (χ1n) is 5.47. The Hall–Kier alpha value is -0.210. The van der Waals surface area contributed by atoms with Crippen LogP contribution >= 0.6 is 27.5 Å². The first-order chi connectivity index (χ1) is 7.25. The van der Waals surface area contributed by atoms with Crippen LogP contribution in [0.3, 0.4) is 0 Å². The van der Waals surface area contributed by atoms with Crippen molar-refractivity contribution < 1.29 is 0 Å². The maximum Gasteiger partial charge on any atom is 0.0487 e. The number of rotatable bonds is 2. The topological polar surface area (TPSA) is 12.0 Å². The largest absolute Gasteiger partial charge is 0.381 e.